The molecule has 0 bridgehead atoms. The van der Waals surface area contributed by atoms with Gasteiger partial charge in [-0.05, 0) is 24.5 Å². The summed E-state index contributed by atoms with van der Waals surface area (Å²) in [4.78, 5) is 16.1. The highest BCUT2D eigenvalue weighted by Crippen LogP contribution is 2.47. The van der Waals surface area contributed by atoms with E-state index >= 15 is 0 Å². The van der Waals surface area contributed by atoms with Crippen molar-refractivity contribution in [3.05, 3.63) is 42.0 Å². The molecule has 0 atom stereocenters. The molecular weight excluding hydrogens is 242 g/mol. The zero-order valence-electron chi connectivity index (χ0n) is 10.7. The molecular formula is C13H15N5O. The molecule has 2 aromatic heterocycles. The van der Waals surface area contributed by atoms with Crippen molar-refractivity contribution in [1.29, 1.82) is 0 Å². The second-order valence-electron chi connectivity index (χ2n) is 4.98. The first kappa shape index (κ1) is 11.8. The maximum Gasteiger partial charge on any atom is 0.273 e. The van der Waals surface area contributed by atoms with Crippen LogP contribution in [0.4, 0.5) is 0 Å². The van der Waals surface area contributed by atoms with Crippen LogP contribution in [-0.2, 0) is 12.5 Å². The maximum atomic E-state index is 11.9. The number of hydrogen-bond donors (Lipinski definition) is 1. The molecule has 0 aromatic carbocycles. The SMILES string of the molecule is Cn1cc(C(=O)NCC2(c3cccnc3)CC2)nn1. The quantitative estimate of drug-likeness (QED) is 0.873. The van der Waals surface area contributed by atoms with E-state index in [1.54, 1.807) is 19.4 Å². The molecule has 0 saturated heterocycles. The highest BCUT2D eigenvalue weighted by atomic mass is 16.2. The van der Waals surface area contributed by atoms with Crippen LogP contribution in [0.5, 0.6) is 0 Å². The number of nitrogens with one attached hydrogen (secondary N) is 1. The van der Waals surface area contributed by atoms with Gasteiger partial charge in [-0.3, -0.25) is 14.5 Å². The number of aryl methyl sites for hydroxylation is 1. The Labute approximate surface area is 110 Å². The van der Waals surface area contributed by atoms with Crippen molar-refractivity contribution in [3.63, 3.8) is 0 Å². The lowest BCUT2D eigenvalue weighted by Crippen LogP contribution is -2.32. The van der Waals surface area contributed by atoms with Gasteiger partial charge in [0.15, 0.2) is 5.69 Å². The van der Waals surface area contributed by atoms with E-state index in [2.05, 4.69) is 26.7 Å². The van der Waals surface area contributed by atoms with E-state index in [4.69, 9.17) is 0 Å². The summed E-state index contributed by atoms with van der Waals surface area (Å²) < 4.78 is 1.52. The van der Waals surface area contributed by atoms with Gasteiger partial charge in [0.2, 0.25) is 0 Å². The second-order valence-corrected chi connectivity index (χ2v) is 4.98. The summed E-state index contributed by atoms with van der Waals surface area (Å²) in [6.45, 7) is 0.619. The van der Waals surface area contributed by atoms with Crippen LogP contribution in [0.15, 0.2) is 30.7 Å². The lowest BCUT2D eigenvalue weighted by atomic mass is 9.98. The smallest absolute Gasteiger partial charge is 0.273 e. The third-order valence-corrected chi connectivity index (χ3v) is 3.55. The van der Waals surface area contributed by atoms with E-state index in [0.717, 1.165) is 12.8 Å². The number of aromatic nitrogens is 4. The number of hydrogen-bond acceptors (Lipinski definition) is 4. The van der Waals surface area contributed by atoms with Gasteiger partial charge in [-0.1, -0.05) is 11.3 Å². The number of carbonyl (C=O) groups excluding carboxylic acids is 1. The predicted octanol–water partition coefficient (Wildman–Crippen LogP) is 0.672. The van der Waals surface area contributed by atoms with Gasteiger partial charge >= 0.3 is 0 Å². The standard InChI is InChI=1S/C13H15N5O/c1-18-8-11(16-17-18)12(19)15-9-13(4-5-13)10-3-2-6-14-7-10/h2-3,6-8H,4-5,9H2,1H3,(H,15,19). The van der Waals surface area contributed by atoms with Crippen molar-refractivity contribution < 1.29 is 4.79 Å². The van der Waals surface area contributed by atoms with Gasteiger partial charge < -0.3 is 5.32 Å². The predicted molar refractivity (Wildman–Crippen MR) is 68.5 cm³/mol. The molecule has 6 nitrogen and oxygen atoms in total. The van der Waals surface area contributed by atoms with E-state index in [1.165, 1.54) is 10.2 Å². The van der Waals surface area contributed by atoms with E-state index in [0.29, 0.717) is 12.2 Å². The summed E-state index contributed by atoms with van der Waals surface area (Å²) in [6.07, 6.45) is 7.41. The van der Waals surface area contributed by atoms with Crippen LogP contribution >= 0.6 is 0 Å². The highest BCUT2D eigenvalue weighted by Gasteiger charge is 2.44. The summed E-state index contributed by atoms with van der Waals surface area (Å²) in [5, 5.41) is 10.5. The first-order chi connectivity index (χ1) is 9.20. The summed E-state index contributed by atoms with van der Waals surface area (Å²) in [7, 11) is 1.74. The van der Waals surface area contributed by atoms with Gasteiger partial charge in [0.25, 0.3) is 5.91 Å². The molecule has 1 N–H and O–H groups in total. The number of amides is 1. The number of pyridine rings is 1. The fourth-order valence-electron chi connectivity index (χ4n) is 2.19. The molecule has 1 aliphatic rings. The molecule has 0 aliphatic heterocycles. The average molecular weight is 257 g/mol. The van der Waals surface area contributed by atoms with Crippen molar-refractivity contribution in [3.8, 4) is 0 Å². The van der Waals surface area contributed by atoms with E-state index in [-0.39, 0.29) is 11.3 Å². The fourth-order valence-corrected chi connectivity index (χ4v) is 2.19. The monoisotopic (exact) mass is 257 g/mol. The molecule has 19 heavy (non-hydrogen) atoms. The van der Waals surface area contributed by atoms with Crippen LogP contribution in [-0.4, -0.2) is 32.4 Å². The Balaban J connectivity index is 1.65. The van der Waals surface area contributed by atoms with Crippen molar-refractivity contribution in [2.24, 2.45) is 7.05 Å². The van der Waals surface area contributed by atoms with E-state index in [1.807, 2.05) is 12.3 Å². The molecule has 0 unspecified atom stereocenters. The summed E-state index contributed by atoms with van der Waals surface area (Å²) in [6, 6.07) is 3.99. The lowest BCUT2D eigenvalue weighted by Gasteiger charge is -2.15. The summed E-state index contributed by atoms with van der Waals surface area (Å²) in [5.74, 6) is -0.178. The minimum Gasteiger partial charge on any atom is -0.350 e. The molecule has 0 radical (unpaired) electrons. The van der Waals surface area contributed by atoms with Crippen LogP contribution in [0.25, 0.3) is 0 Å². The third kappa shape index (κ3) is 2.33. The van der Waals surface area contributed by atoms with Crippen molar-refractivity contribution in [2.45, 2.75) is 18.3 Å². The Morgan fingerprint density at radius 3 is 2.95 bits per heavy atom. The molecule has 3 rings (SSSR count). The molecule has 98 valence electrons. The average Bonchev–Trinajstić information content (AvgIpc) is 3.12. The van der Waals surface area contributed by atoms with Crippen molar-refractivity contribution in [1.82, 2.24) is 25.3 Å². The van der Waals surface area contributed by atoms with Gasteiger partial charge in [-0.2, -0.15) is 0 Å². The van der Waals surface area contributed by atoms with Crippen LogP contribution in [0.3, 0.4) is 0 Å². The Morgan fingerprint density at radius 2 is 2.37 bits per heavy atom. The van der Waals surface area contributed by atoms with Crippen LogP contribution in [0.2, 0.25) is 0 Å². The van der Waals surface area contributed by atoms with Crippen LogP contribution < -0.4 is 5.32 Å². The highest BCUT2D eigenvalue weighted by molar-refractivity contribution is 5.91. The lowest BCUT2D eigenvalue weighted by molar-refractivity contribution is 0.0944. The summed E-state index contributed by atoms with van der Waals surface area (Å²) >= 11 is 0. The van der Waals surface area contributed by atoms with Crippen molar-refractivity contribution >= 4 is 5.91 Å². The molecule has 1 amide bonds. The Kier molecular flexibility index (Phi) is 2.77. The molecule has 2 heterocycles. The van der Waals surface area contributed by atoms with Gasteiger partial charge in [0.05, 0.1) is 6.20 Å². The van der Waals surface area contributed by atoms with E-state index in [9.17, 15) is 4.79 Å². The number of rotatable bonds is 4. The number of carbonyl (C=O) groups is 1. The molecule has 1 aliphatic carbocycles. The Hall–Kier alpha value is -2.24. The third-order valence-electron chi connectivity index (χ3n) is 3.55. The Bertz CT molecular complexity index is 588. The normalized spacial score (nSPS) is 16.1. The van der Waals surface area contributed by atoms with Gasteiger partial charge in [0.1, 0.15) is 0 Å². The first-order valence-corrected chi connectivity index (χ1v) is 6.25. The molecule has 6 heteroatoms. The van der Waals surface area contributed by atoms with Crippen molar-refractivity contribution in [2.75, 3.05) is 6.54 Å². The fraction of sp³-hybridized carbons (Fsp3) is 0.385. The minimum absolute atomic E-state index is 0.0616. The van der Waals surface area contributed by atoms with E-state index < -0.39 is 0 Å². The molecule has 1 fully saturated rings. The zero-order chi connectivity index (χ0) is 13.3. The zero-order valence-corrected chi connectivity index (χ0v) is 10.7. The molecule has 1 saturated carbocycles. The Morgan fingerprint density at radius 1 is 1.53 bits per heavy atom. The molecule has 2 aromatic rings. The van der Waals surface area contributed by atoms with Gasteiger partial charge in [0, 0.05) is 31.4 Å². The van der Waals surface area contributed by atoms with Crippen LogP contribution in [0, 0.1) is 0 Å². The first-order valence-electron chi connectivity index (χ1n) is 6.25. The van der Waals surface area contributed by atoms with Gasteiger partial charge in [-0.25, -0.2) is 0 Å². The number of nitrogens with zero attached hydrogens (tertiary/aromatic N) is 4. The summed E-state index contributed by atoms with van der Waals surface area (Å²) in [5.41, 5.74) is 1.60. The maximum absolute atomic E-state index is 11.9. The second kappa shape index (κ2) is 4.46. The minimum atomic E-state index is -0.178. The molecule has 0 spiro atoms. The topological polar surface area (TPSA) is 72.7 Å². The largest absolute Gasteiger partial charge is 0.350 e. The van der Waals surface area contributed by atoms with Gasteiger partial charge in [-0.15, -0.1) is 5.10 Å². The van der Waals surface area contributed by atoms with Crippen LogP contribution in [0.1, 0.15) is 28.9 Å².